The third-order valence-electron chi connectivity index (χ3n) is 3.87. The highest BCUT2D eigenvalue weighted by molar-refractivity contribution is 9.10. The minimum atomic E-state index is 0.0522. The molecule has 0 N–H and O–H groups in total. The van der Waals surface area contributed by atoms with Gasteiger partial charge in [0.1, 0.15) is 0 Å². The summed E-state index contributed by atoms with van der Waals surface area (Å²) in [6, 6.07) is 8.20. The molecule has 116 valence electrons. The maximum absolute atomic E-state index is 12.2. The highest BCUT2D eigenvalue weighted by atomic mass is 79.9. The van der Waals surface area contributed by atoms with E-state index in [1.165, 1.54) is 0 Å². The van der Waals surface area contributed by atoms with Crippen LogP contribution < -0.4 is 0 Å². The Morgan fingerprint density at radius 3 is 2.62 bits per heavy atom. The van der Waals surface area contributed by atoms with Gasteiger partial charge in [-0.1, -0.05) is 28.1 Å². The molecule has 0 saturated carbocycles. The van der Waals surface area contributed by atoms with Crippen LogP contribution >= 0.6 is 15.9 Å². The van der Waals surface area contributed by atoms with Crippen molar-refractivity contribution in [2.24, 2.45) is 0 Å². The predicted octanol–water partition coefficient (Wildman–Crippen LogP) is 2.69. The maximum Gasteiger partial charge on any atom is 0.236 e. The van der Waals surface area contributed by atoms with E-state index < -0.39 is 0 Å². The van der Waals surface area contributed by atoms with Crippen LogP contribution in [0.1, 0.15) is 25.5 Å². The van der Waals surface area contributed by atoms with Crippen molar-refractivity contribution in [3.63, 3.8) is 0 Å². The maximum atomic E-state index is 12.2. The van der Waals surface area contributed by atoms with Crippen LogP contribution in [0, 0.1) is 0 Å². The number of ether oxygens (including phenoxy) is 1. The monoisotopic (exact) mass is 354 g/mol. The normalized spacial score (nSPS) is 19.5. The SMILES string of the molecule is CCN(CC)C(=O)CN1CCO[C@@H](c2ccc(Br)cc2)C1. The Kier molecular flexibility index (Phi) is 6.21. The largest absolute Gasteiger partial charge is 0.371 e. The third-order valence-corrected chi connectivity index (χ3v) is 4.40. The molecule has 0 aromatic heterocycles. The molecule has 1 aromatic rings. The molecule has 1 saturated heterocycles. The first-order chi connectivity index (χ1) is 10.1. The Bertz CT molecular complexity index is 460. The number of likely N-dealkylation sites (N-methyl/N-ethyl adjacent to an activating group) is 1. The Morgan fingerprint density at radius 2 is 2.00 bits per heavy atom. The van der Waals surface area contributed by atoms with Crippen LogP contribution in [0.5, 0.6) is 0 Å². The zero-order valence-electron chi connectivity index (χ0n) is 12.7. The summed E-state index contributed by atoms with van der Waals surface area (Å²) in [5.74, 6) is 0.205. The van der Waals surface area contributed by atoms with Gasteiger partial charge in [-0.05, 0) is 31.5 Å². The Labute approximate surface area is 135 Å². The lowest BCUT2D eigenvalue weighted by atomic mass is 10.1. The molecular formula is C16H23BrN2O2. The molecule has 21 heavy (non-hydrogen) atoms. The topological polar surface area (TPSA) is 32.8 Å². The van der Waals surface area contributed by atoms with Gasteiger partial charge in [-0.25, -0.2) is 0 Å². The molecule has 0 spiro atoms. The lowest BCUT2D eigenvalue weighted by molar-refractivity contribution is -0.134. The van der Waals surface area contributed by atoms with Gasteiger partial charge < -0.3 is 9.64 Å². The van der Waals surface area contributed by atoms with Gasteiger partial charge in [0.2, 0.25) is 5.91 Å². The second-order valence-corrected chi connectivity index (χ2v) is 6.13. The Morgan fingerprint density at radius 1 is 1.33 bits per heavy atom. The van der Waals surface area contributed by atoms with Crippen molar-refractivity contribution >= 4 is 21.8 Å². The standard InChI is InChI=1S/C16H23BrN2O2/c1-3-19(4-2)16(20)12-18-9-10-21-15(11-18)13-5-7-14(17)8-6-13/h5-8,15H,3-4,9-12H2,1-2H3/t15-/m1/s1. The van der Waals surface area contributed by atoms with Gasteiger partial charge >= 0.3 is 0 Å². The molecule has 0 unspecified atom stereocenters. The summed E-state index contributed by atoms with van der Waals surface area (Å²) in [6.07, 6.45) is 0.0522. The van der Waals surface area contributed by atoms with Crippen LogP contribution in [-0.4, -0.2) is 55.0 Å². The van der Waals surface area contributed by atoms with Gasteiger partial charge in [0.05, 0.1) is 19.3 Å². The van der Waals surface area contributed by atoms with E-state index in [1.54, 1.807) is 0 Å². The number of carbonyl (C=O) groups excluding carboxylic acids is 1. The van der Waals surface area contributed by atoms with E-state index in [0.717, 1.165) is 36.2 Å². The first-order valence-corrected chi connectivity index (χ1v) is 8.30. The number of hydrogen-bond donors (Lipinski definition) is 0. The van der Waals surface area contributed by atoms with Crippen LogP contribution in [0.4, 0.5) is 0 Å². The minimum Gasteiger partial charge on any atom is -0.371 e. The Balaban J connectivity index is 1.94. The molecule has 0 aliphatic carbocycles. The fourth-order valence-corrected chi connectivity index (χ4v) is 2.86. The molecule has 1 aliphatic rings. The summed E-state index contributed by atoms with van der Waals surface area (Å²) in [4.78, 5) is 16.3. The fraction of sp³-hybridized carbons (Fsp3) is 0.562. The molecule has 5 heteroatoms. The van der Waals surface area contributed by atoms with Crippen LogP contribution in [0.15, 0.2) is 28.7 Å². The number of rotatable bonds is 5. The molecular weight excluding hydrogens is 332 g/mol. The molecule has 0 radical (unpaired) electrons. The molecule has 1 aliphatic heterocycles. The summed E-state index contributed by atoms with van der Waals surface area (Å²) in [5, 5.41) is 0. The second kappa shape index (κ2) is 7.92. The van der Waals surface area contributed by atoms with Crippen molar-refractivity contribution < 1.29 is 9.53 Å². The highest BCUT2D eigenvalue weighted by Gasteiger charge is 2.24. The van der Waals surface area contributed by atoms with Gasteiger partial charge in [-0.3, -0.25) is 9.69 Å². The van der Waals surface area contributed by atoms with Crippen molar-refractivity contribution in [1.82, 2.24) is 9.80 Å². The van der Waals surface area contributed by atoms with E-state index in [9.17, 15) is 4.79 Å². The van der Waals surface area contributed by atoms with Crippen LogP contribution in [0.25, 0.3) is 0 Å². The Hall–Kier alpha value is -0.910. The zero-order chi connectivity index (χ0) is 15.2. The number of morpholine rings is 1. The number of nitrogens with zero attached hydrogens (tertiary/aromatic N) is 2. The second-order valence-electron chi connectivity index (χ2n) is 5.21. The lowest BCUT2D eigenvalue weighted by Crippen LogP contribution is -2.45. The number of hydrogen-bond acceptors (Lipinski definition) is 3. The van der Waals surface area contributed by atoms with Crippen molar-refractivity contribution in [1.29, 1.82) is 0 Å². The van der Waals surface area contributed by atoms with Crippen molar-refractivity contribution in [2.45, 2.75) is 20.0 Å². The van der Waals surface area contributed by atoms with Gasteiger partial charge in [-0.15, -0.1) is 0 Å². The van der Waals surface area contributed by atoms with E-state index in [0.29, 0.717) is 13.2 Å². The van der Waals surface area contributed by atoms with E-state index in [4.69, 9.17) is 4.74 Å². The molecule has 1 amide bonds. The molecule has 4 nitrogen and oxygen atoms in total. The van der Waals surface area contributed by atoms with E-state index in [-0.39, 0.29) is 12.0 Å². The quantitative estimate of drug-likeness (QED) is 0.814. The number of halogens is 1. The minimum absolute atomic E-state index is 0.0522. The van der Waals surface area contributed by atoms with E-state index in [2.05, 4.69) is 33.0 Å². The number of benzene rings is 1. The molecule has 0 bridgehead atoms. The fourth-order valence-electron chi connectivity index (χ4n) is 2.59. The van der Waals surface area contributed by atoms with Crippen LogP contribution in [0.2, 0.25) is 0 Å². The molecule has 2 rings (SSSR count). The molecule has 1 atom stereocenters. The van der Waals surface area contributed by atoms with E-state index in [1.807, 2.05) is 30.9 Å². The summed E-state index contributed by atoms with van der Waals surface area (Å²) in [5.41, 5.74) is 1.16. The van der Waals surface area contributed by atoms with Crippen LogP contribution in [0.3, 0.4) is 0 Å². The van der Waals surface area contributed by atoms with Gasteiger partial charge in [0.25, 0.3) is 0 Å². The molecule has 1 heterocycles. The summed E-state index contributed by atoms with van der Waals surface area (Å²) in [7, 11) is 0. The summed E-state index contributed by atoms with van der Waals surface area (Å²) >= 11 is 3.44. The average Bonchev–Trinajstić information content (AvgIpc) is 2.49. The van der Waals surface area contributed by atoms with Crippen LogP contribution in [-0.2, 0) is 9.53 Å². The first kappa shape index (κ1) is 16.5. The summed E-state index contributed by atoms with van der Waals surface area (Å²) in [6.45, 7) is 8.33. The number of carbonyl (C=O) groups is 1. The van der Waals surface area contributed by atoms with E-state index >= 15 is 0 Å². The van der Waals surface area contributed by atoms with Crippen molar-refractivity contribution in [2.75, 3.05) is 39.3 Å². The molecule has 1 fully saturated rings. The number of amides is 1. The first-order valence-electron chi connectivity index (χ1n) is 7.51. The lowest BCUT2D eigenvalue weighted by Gasteiger charge is -2.33. The van der Waals surface area contributed by atoms with Gasteiger partial charge in [0.15, 0.2) is 0 Å². The highest BCUT2D eigenvalue weighted by Crippen LogP contribution is 2.23. The predicted molar refractivity (Wildman–Crippen MR) is 87.2 cm³/mol. The van der Waals surface area contributed by atoms with Gasteiger partial charge in [-0.2, -0.15) is 0 Å². The smallest absolute Gasteiger partial charge is 0.236 e. The third kappa shape index (κ3) is 4.53. The van der Waals surface area contributed by atoms with Gasteiger partial charge in [0, 0.05) is 30.7 Å². The van der Waals surface area contributed by atoms with Crippen molar-refractivity contribution in [3.8, 4) is 0 Å². The summed E-state index contributed by atoms with van der Waals surface area (Å²) < 4.78 is 6.91. The van der Waals surface area contributed by atoms with Crippen molar-refractivity contribution in [3.05, 3.63) is 34.3 Å². The average molecular weight is 355 g/mol. The zero-order valence-corrected chi connectivity index (χ0v) is 14.3. The molecule has 1 aromatic carbocycles.